The van der Waals surface area contributed by atoms with E-state index < -0.39 is 0 Å². The minimum absolute atomic E-state index is 0.187. The van der Waals surface area contributed by atoms with Crippen LogP contribution in [0.3, 0.4) is 0 Å². The number of aromatic nitrogens is 1. The van der Waals surface area contributed by atoms with Crippen LogP contribution in [0.4, 0.5) is 0 Å². The summed E-state index contributed by atoms with van der Waals surface area (Å²) < 4.78 is 5.77. The second-order valence-electron chi connectivity index (χ2n) is 4.07. The highest BCUT2D eigenvalue weighted by Crippen LogP contribution is 2.31. The summed E-state index contributed by atoms with van der Waals surface area (Å²) in [5.74, 6) is 1.28. The van der Waals surface area contributed by atoms with Crippen molar-refractivity contribution in [3.63, 3.8) is 0 Å². The molecule has 1 heterocycles. The van der Waals surface area contributed by atoms with Crippen LogP contribution < -0.4 is 10.3 Å². The number of benzene rings is 2. The Morgan fingerprint density at radius 2 is 1.74 bits per heavy atom. The quantitative estimate of drug-likeness (QED) is 0.766. The van der Waals surface area contributed by atoms with Crippen molar-refractivity contribution >= 4 is 22.5 Å². The molecule has 0 amide bonds. The topological polar surface area (TPSA) is 42.1 Å². The van der Waals surface area contributed by atoms with Gasteiger partial charge in [-0.2, -0.15) is 0 Å². The van der Waals surface area contributed by atoms with Gasteiger partial charge in [0.2, 0.25) is 5.56 Å². The fourth-order valence-corrected chi connectivity index (χ4v) is 2.11. The lowest BCUT2D eigenvalue weighted by Gasteiger charge is -2.09. The maximum Gasteiger partial charge on any atom is 0.248 e. The van der Waals surface area contributed by atoms with Crippen LogP contribution in [-0.2, 0) is 0 Å². The number of pyridine rings is 1. The van der Waals surface area contributed by atoms with Crippen molar-refractivity contribution in [2.45, 2.75) is 0 Å². The highest BCUT2D eigenvalue weighted by atomic mass is 35.5. The minimum Gasteiger partial charge on any atom is -0.455 e. The lowest BCUT2D eigenvalue weighted by Crippen LogP contribution is -2.03. The van der Waals surface area contributed by atoms with Gasteiger partial charge in [0, 0.05) is 11.5 Å². The number of ether oxygens (including phenoxy) is 1. The summed E-state index contributed by atoms with van der Waals surface area (Å²) in [6.07, 6.45) is 0. The van der Waals surface area contributed by atoms with E-state index in [-0.39, 0.29) is 5.56 Å². The molecular weight excluding hydrogens is 262 g/mol. The van der Waals surface area contributed by atoms with Crippen LogP contribution in [0.5, 0.6) is 11.5 Å². The highest BCUT2D eigenvalue weighted by Gasteiger charge is 2.07. The molecule has 3 aromatic rings. The van der Waals surface area contributed by atoms with Gasteiger partial charge in [0.05, 0.1) is 10.5 Å². The number of para-hydroxylation sites is 1. The molecule has 0 spiro atoms. The molecule has 1 N–H and O–H groups in total. The van der Waals surface area contributed by atoms with Crippen LogP contribution in [0.15, 0.2) is 59.4 Å². The second-order valence-corrected chi connectivity index (χ2v) is 4.48. The molecule has 0 aliphatic heterocycles. The van der Waals surface area contributed by atoms with Gasteiger partial charge < -0.3 is 9.72 Å². The predicted molar refractivity (Wildman–Crippen MR) is 76.1 cm³/mol. The van der Waals surface area contributed by atoms with Gasteiger partial charge in [0.25, 0.3) is 0 Å². The predicted octanol–water partition coefficient (Wildman–Crippen LogP) is 3.97. The Labute approximate surface area is 114 Å². The Kier molecular flexibility index (Phi) is 2.97. The Hall–Kier alpha value is -2.26. The van der Waals surface area contributed by atoms with E-state index in [0.29, 0.717) is 22.0 Å². The number of nitrogens with one attached hydrogen (secondary N) is 1. The summed E-state index contributed by atoms with van der Waals surface area (Å²) in [7, 11) is 0. The molecule has 3 rings (SSSR count). The van der Waals surface area contributed by atoms with Crippen LogP contribution in [0, 0.1) is 0 Å². The van der Waals surface area contributed by atoms with Crippen LogP contribution in [0.1, 0.15) is 0 Å². The molecule has 0 atom stereocenters. The number of fused-ring (bicyclic) bond motifs is 1. The first-order chi connectivity index (χ1) is 9.24. The zero-order chi connectivity index (χ0) is 13.2. The summed E-state index contributed by atoms with van der Waals surface area (Å²) in [6.45, 7) is 0. The fraction of sp³-hybridized carbons (Fsp3) is 0. The third-order valence-electron chi connectivity index (χ3n) is 2.77. The molecule has 4 heteroatoms. The molecule has 0 aliphatic rings. The maximum absolute atomic E-state index is 11.4. The molecule has 0 fully saturated rings. The van der Waals surface area contributed by atoms with E-state index in [4.69, 9.17) is 16.3 Å². The van der Waals surface area contributed by atoms with E-state index in [0.717, 1.165) is 5.39 Å². The number of hydrogen-bond donors (Lipinski definition) is 1. The van der Waals surface area contributed by atoms with Crippen molar-refractivity contribution in [2.24, 2.45) is 0 Å². The van der Waals surface area contributed by atoms with Gasteiger partial charge in [-0.25, -0.2) is 0 Å². The Morgan fingerprint density at radius 1 is 0.947 bits per heavy atom. The molecule has 0 saturated carbocycles. The average molecular weight is 272 g/mol. The first-order valence-corrected chi connectivity index (χ1v) is 6.16. The van der Waals surface area contributed by atoms with Gasteiger partial charge in [-0.05, 0) is 30.3 Å². The standard InChI is InChI=1S/C15H10ClNO2/c16-12-7-8-13(19-10-4-2-1-3-5-10)15-11(12)6-9-14(18)17-15/h1-9H,(H,17,18). The van der Waals surface area contributed by atoms with E-state index in [1.165, 1.54) is 6.07 Å². The third kappa shape index (κ3) is 2.33. The van der Waals surface area contributed by atoms with Gasteiger partial charge in [-0.1, -0.05) is 29.8 Å². The zero-order valence-corrected chi connectivity index (χ0v) is 10.6. The van der Waals surface area contributed by atoms with E-state index in [1.54, 1.807) is 18.2 Å². The summed E-state index contributed by atoms with van der Waals surface area (Å²) in [5, 5.41) is 1.33. The van der Waals surface area contributed by atoms with Crippen LogP contribution >= 0.6 is 11.6 Å². The molecule has 0 unspecified atom stereocenters. The summed E-state index contributed by atoms with van der Waals surface area (Å²) in [4.78, 5) is 14.2. The Bertz CT molecular complexity index is 781. The van der Waals surface area contributed by atoms with Crippen LogP contribution in [0.2, 0.25) is 5.02 Å². The molecule has 0 aliphatic carbocycles. The van der Waals surface area contributed by atoms with Gasteiger partial charge in [0.1, 0.15) is 5.75 Å². The fourth-order valence-electron chi connectivity index (χ4n) is 1.89. The molecule has 0 bridgehead atoms. The average Bonchev–Trinajstić information content (AvgIpc) is 2.43. The Balaban J connectivity index is 2.16. The van der Waals surface area contributed by atoms with Crippen molar-refractivity contribution in [1.82, 2.24) is 4.98 Å². The largest absolute Gasteiger partial charge is 0.455 e. The van der Waals surface area contributed by atoms with Gasteiger partial charge >= 0.3 is 0 Å². The molecule has 3 nitrogen and oxygen atoms in total. The summed E-state index contributed by atoms with van der Waals surface area (Å²) >= 11 is 6.11. The SMILES string of the molecule is O=c1ccc2c(Cl)ccc(Oc3ccccc3)c2[nH]1. The number of aromatic amines is 1. The molecule has 1 aromatic heterocycles. The number of halogens is 1. The van der Waals surface area contributed by atoms with Crippen molar-refractivity contribution in [1.29, 1.82) is 0 Å². The van der Waals surface area contributed by atoms with Crippen molar-refractivity contribution in [3.05, 3.63) is 70.0 Å². The van der Waals surface area contributed by atoms with Gasteiger partial charge in [-0.3, -0.25) is 4.79 Å². The maximum atomic E-state index is 11.4. The van der Waals surface area contributed by atoms with E-state index in [9.17, 15) is 4.79 Å². The van der Waals surface area contributed by atoms with Crippen LogP contribution in [0.25, 0.3) is 10.9 Å². The first kappa shape index (κ1) is 11.8. The van der Waals surface area contributed by atoms with E-state index in [2.05, 4.69) is 4.98 Å². The zero-order valence-electron chi connectivity index (χ0n) is 9.89. The van der Waals surface area contributed by atoms with Crippen molar-refractivity contribution in [2.75, 3.05) is 0 Å². The normalized spacial score (nSPS) is 10.6. The molecule has 94 valence electrons. The highest BCUT2D eigenvalue weighted by molar-refractivity contribution is 6.35. The molecular formula is C15H10ClNO2. The van der Waals surface area contributed by atoms with Crippen LogP contribution in [-0.4, -0.2) is 4.98 Å². The monoisotopic (exact) mass is 271 g/mol. The summed E-state index contributed by atoms with van der Waals surface area (Å²) in [5.41, 5.74) is 0.413. The Morgan fingerprint density at radius 3 is 2.53 bits per heavy atom. The molecule has 2 aromatic carbocycles. The molecule has 19 heavy (non-hydrogen) atoms. The number of hydrogen-bond acceptors (Lipinski definition) is 2. The van der Waals surface area contributed by atoms with Gasteiger partial charge in [0.15, 0.2) is 5.75 Å². The molecule has 0 saturated heterocycles. The number of H-pyrrole nitrogens is 1. The second kappa shape index (κ2) is 4.78. The van der Waals surface area contributed by atoms with E-state index in [1.807, 2.05) is 30.3 Å². The third-order valence-corrected chi connectivity index (χ3v) is 3.10. The lowest BCUT2D eigenvalue weighted by atomic mass is 10.2. The van der Waals surface area contributed by atoms with E-state index >= 15 is 0 Å². The summed E-state index contributed by atoms with van der Waals surface area (Å²) in [6, 6.07) is 16.0. The lowest BCUT2D eigenvalue weighted by molar-refractivity contribution is 0.487. The molecule has 0 radical (unpaired) electrons. The first-order valence-electron chi connectivity index (χ1n) is 5.78. The van der Waals surface area contributed by atoms with Gasteiger partial charge in [-0.15, -0.1) is 0 Å². The van der Waals surface area contributed by atoms with Crippen molar-refractivity contribution in [3.8, 4) is 11.5 Å². The van der Waals surface area contributed by atoms with Crippen molar-refractivity contribution < 1.29 is 4.74 Å². The minimum atomic E-state index is -0.187. The number of rotatable bonds is 2. The smallest absolute Gasteiger partial charge is 0.248 e.